The lowest BCUT2D eigenvalue weighted by Crippen LogP contribution is -2.13. The second kappa shape index (κ2) is 10.6. The molecule has 0 saturated carbocycles. The molecule has 9 heteroatoms. The fourth-order valence-corrected chi connectivity index (χ4v) is 5.98. The van der Waals surface area contributed by atoms with Gasteiger partial charge in [-0.15, -0.1) is 11.3 Å². The highest BCUT2D eigenvalue weighted by Crippen LogP contribution is 2.38. The molecule has 1 aliphatic carbocycles. The maximum absolute atomic E-state index is 12.8. The van der Waals surface area contributed by atoms with Crippen LogP contribution in [-0.4, -0.2) is 10.8 Å². The summed E-state index contributed by atoms with van der Waals surface area (Å²) < 4.78 is 0. The van der Waals surface area contributed by atoms with Crippen molar-refractivity contribution in [2.75, 3.05) is 5.32 Å². The topological polar surface area (TPSA) is 120 Å². The maximum atomic E-state index is 12.8. The van der Waals surface area contributed by atoms with Crippen LogP contribution in [0.3, 0.4) is 0 Å². The number of fused-ring (bicyclic) bond motifs is 1. The smallest absolute Gasteiger partial charge is 0.283 e. The Morgan fingerprint density at radius 1 is 1.17 bits per heavy atom. The molecule has 35 heavy (non-hydrogen) atoms. The van der Waals surface area contributed by atoms with Crippen molar-refractivity contribution in [2.24, 2.45) is 0 Å². The molecule has 7 nitrogen and oxygen atoms in total. The number of amides is 1. The third-order valence-electron chi connectivity index (χ3n) is 5.61. The fraction of sp³-hybridized carbons (Fsp3) is 0.192. The normalized spacial score (nSPS) is 12.8. The lowest BCUT2D eigenvalue weighted by atomic mass is 9.96. The lowest BCUT2D eigenvalue weighted by molar-refractivity contribution is -0.387. The SMILES string of the molecule is Cc1ccc(Sc2ccc(/C=C(/C#N)C(=O)Nc3sc4c(c3C#N)CCCC4)cc2[N+](=O)[O-])cc1. The van der Waals surface area contributed by atoms with E-state index in [9.17, 15) is 25.4 Å². The van der Waals surface area contributed by atoms with Crippen LogP contribution >= 0.6 is 23.1 Å². The van der Waals surface area contributed by atoms with Gasteiger partial charge in [0.15, 0.2) is 0 Å². The van der Waals surface area contributed by atoms with Crippen LogP contribution in [0.4, 0.5) is 10.7 Å². The molecule has 1 heterocycles. The van der Waals surface area contributed by atoms with Crippen molar-refractivity contribution in [1.29, 1.82) is 10.5 Å². The van der Waals surface area contributed by atoms with Gasteiger partial charge >= 0.3 is 0 Å². The van der Waals surface area contributed by atoms with Crippen molar-refractivity contribution < 1.29 is 9.72 Å². The van der Waals surface area contributed by atoms with E-state index in [1.54, 1.807) is 12.1 Å². The number of nitro groups is 1. The van der Waals surface area contributed by atoms with Crippen LogP contribution in [0.15, 0.2) is 57.8 Å². The van der Waals surface area contributed by atoms with E-state index in [2.05, 4.69) is 11.4 Å². The number of carbonyl (C=O) groups excluding carboxylic acids is 1. The van der Waals surface area contributed by atoms with Crippen LogP contribution in [0.2, 0.25) is 0 Å². The summed E-state index contributed by atoms with van der Waals surface area (Å²) in [7, 11) is 0. The molecule has 0 unspecified atom stereocenters. The van der Waals surface area contributed by atoms with Crippen LogP contribution < -0.4 is 5.32 Å². The van der Waals surface area contributed by atoms with Gasteiger partial charge in [-0.1, -0.05) is 35.5 Å². The molecule has 174 valence electrons. The van der Waals surface area contributed by atoms with E-state index in [0.29, 0.717) is 21.0 Å². The summed E-state index contributed by atoms with van der Waals surface area (Å²) >= 11 is 2.65. The molecular weight excluding hydrogens is 480 g/mol. The third kappa shape index (κ3) is 5.43. The zero-order valence-corrected chi connectivity index (χ0v) is 20.5. The standard InChI is InChI=1S/C26H20N4O3S2/c1-16-6-9-19(10-7-16)34-24-11-8-17(13-22(24)30(32)33)12-18(14-27)25(31)29-26-21(15-28)20-4-2-3-5-23(20)35-26/h6-13H,2-5H2,1H3,(H,29,31)/b18-12-. The number of hydrogen-bond donors (Lipinski definition) is 1. The van der Waals surface area contributed by atoms with Gasteiger partial charge in [0.05, 0.1) is 15.4 Å². The van der Waals surface area contributed by atoms with Crippen LogP contribution in [0.5, 0.6) is 0 Å². The second-order valence-electron chi connectivity index (χ2n) is 8.05. The van der Waals surface area contributed by atoms with Gasteiger partial charge < -0.3 is 5.32 Å². The number of benzene rings is 2. The molecule has 0 spiro atoms. The average molecular weight is 501 g/mol. The molecule has 1 aromatic heterocycles. The van der Waals surface area contributed by atoms with E-state index in [1.807, 2.05) is 37.3 Å². The molecule has 0 radical (unpaired) electrons. The van der Waals surface area contributed by atoms with E-state index in [1.165, 1.54) is 35.2 Å². The number of nitriles is 2. The number of nitrogens with one attached hydrogen (secondary N) is 1. The van der Waals surface area contributed by atoms with E-state index in [-0.39, 0.29) is 11.3 Å². The predicted molar refractivity (Wildman–Crippen MR) is 136 cm³/mol. The molecule has 2 aromatic carbocycles. The molecule has 1 aliphatic rings. The number of nitro benzene ring substituents is 1. The van der Waals surface area contributed by atoms with Crippen LogP contribution in [-0.2, 0) is 17.6 Å². The molecule has 0 saturated heterocycles. The Labute approximate surface area is 210 Å². The van der Waals surface area contributed by atoms with Gasteiger partial charge in [0, 0.05) is 15.8 Å². The Kier molecular flexibility index (Phi) is 7.31. The van der Waals surface area contributed by atoms with Crippen molar-refractivity contribution in [3.8, 4) is 12.1 Å². The van der Waals surface area contributed by atoms with Crippen molar-refractivity contribution in [2.45, 2.75) is 42.4 Å². The van der Waals surface area contributed by atoms with Gasteiger partial charge in [0.2, 0.25) is 0 Å². The number of hydrogen-bond acceptors (Lipinski definition) is 7. The number of aryl methyl sites for hydroxylation is 2. The minimum atomic E-state index is -0.650. The summed E-state index contributed by atoms with van der Waals surface area (Å²) in [5, 5.41) is 34.1. The van der Waals surface area contributed by atoms with Crippen molar-refractivity contribution >= 4 is 45.8 Å². The number of rotatable bonds is 6. The number of nitrogens with zero attached hydrogens (tertiary/aromatic N) is 3. The zero-order chi connectivity index (χ0) is 24.9. The van der Waals surface area contributed by atoms with Gasteiger partial charge in [0.1, 0.15) is 22.7 Å². The number of carbonyl (C=O) groups is 1. The first-order chi connectivity index (χ1) is 16.9. The summed E-state index contributed by atoms with van der Waals surface area (Å²) in [4.78, 5) is 26.5. The minimum Gasteiger partial charge on any atom is -0.312 e. The Morgan fingerprint density at radius 2 is 1.91 bits per heavy atom. The van der Waals surface area contributed by atoms with E-state index < -0.39 is 10.8 Å². The van der Waals surface area contributed by atoms with Crippen molar-refractivity contribution in [3.63, 3.8) is 0 Å². The van der Waals surface area contributed by atoms with Gasteiger partial charge in [0.25, 0.3) is 11.6 Å². The lowest BCUT2D eigenvalue weighted by Gasteiger charge is -2.09. The monoisotopic (exact) mass is 500 g/mol. The van der Waals surface area contributed by atoms with E-state index in [4.69, 9.17) is 0 Å². The summed E-state index contributed by atoms with van der Waals surface area (Å²) in [5.41, 5.74) is 2.59. The molecule has 0 bridgehead atoms. The molecule has 1 N–H and O–H groups in total. The Hall–Kier alpha value is -3.92. The van der Waals surface area contributed by atoms with Gasteiger partial charge in [-0.3, -0.25) is 14.9 Å². The summed E-state index contributed by atoms with van der Waals surface area (Å²) in [5.74, 6) is -0.650. The van der Waals surface area contributed by atoms with E-state index >= 15 is 0 Å². The number of thiophene rings is 1. The first-order valence-electron chi connectivity index (χ1n) is 10.9. The summed E-state index contributed by atoms with van der Waals surface area (Å²) in [6, 6.07) is 16.3. The Balaban J connectivity index is 1.59. The van der Waals surface area contributed by atoms with Crippen LogP contribution in [0, 0.1) is 39.7 Å². The minimum absolute atomic E-state index is 0.111. The summed E-state index contributed by atoms with van der Waals surface area (Å²) in [6.45, 7) is 1.97. The average Bonchev–Trinajstić information content (AvgIpc) is 3.21. The summed E-state index contributed by atoms with van der Waals surface area (Å²) in [6.07, 6.45) is 5.06. The fourth-order valence-electron chi connectivity index (χ4n) is 3.84. The van der Waals surface area contributed by atoms with Crippen LogP contribution in [0.1, 0.15) is 40.0 Å². The number of anilines is 1. The molecule has 1 amide bonds. The van der Waals surface area contributed by atoms with Gasteiger partial charge in [-0.2, -0.15) is 10.5 Å². The highest BCUT2D eigenvalue weighted by molar-refractivity contribution is 7.99. The van der Waals surface area contributed by atoms with Gasteiger partial charge in [-0.25, -0.2) is 0 Å². The largest absolute Gasteiger partial charge is 0.312 e. The highest BCUT2D eigenvalue weighted by Gasteiger charge is 2.23. The van der Waals surface area contributed by atoms with Gasteiger partial charge in [-0.05, 0) is 68.0 Å². The highest BCUT2D eigenvalue weighted by atomic mass is 32.2. The quantitative estimate of drug-likeness (QED) is 0.181. The van der Waals surface area contributed by atoms with E-state index in [0.717, 1.165) is 46.6 Å². The molecule has 4 rings (SSSR count). The third-order valence-corrected chi connectivity index (χ3v) is 7.89. The Bertz CT molecular complexity index is 1430. The molecule has 0 fully saturated rings. The second-order valence-corrected chi connectivity index (χ2v) is 10.3. The first-order valence-corrected chi connectivity index (χ1v) is 12.5. The first kappa shape index (κ1) is 24.2. The molecular formula is C26H20N4O3S2. The van der Waals surface area contributed by atoms with Crippen LogP contribution in [0.25, 0.3) is 6.08 Å². The van der Waals surface area contributed by atoms with Crippen molar-refractivity contribution in [3.05, 3.63) is 85.3 Å². The molecule has 0 atom stereocenters. The van der Waals surface area contributed by atoms with Crippen molar-refractivity contribution in [1.82, 2.24) is 0 Å². The Morgan fingerprint density at radius 3 is 2.60 bits per heavy atom. The molecule has 3 aromatic rings. The predicted octanol–water partition coefficient (Wildman–Crippen LogP) is 6.41. The zero-order valence-electron chi connectivity index (χ0n) is 18.8. The maximum Gasteiger partial charge on any atom is 0.283 e. The molecule has 0 aliphatic heterocycles.